The molecule has 1 unspecified atom stereocenters. The molecule has 0 aliphatic carbocycles. The Hall–Kier alpha value is -3.26. The molecule has 1 aliphatic heterocycles. The van der Waals surface area contributed by atoms with Gasteiger partial charge in [-0.3, -0.25) is 24.6 Å². The van der Waals surface area contributed by atoms with Crippen LogP contribution in [0.2, 0.25) is 0 Å². The van der Waals surface area contributed by atoms with E-state index in [4.69, 9.17) is 4.74 Å². The van der Waals surface area contributed by atoms with E-state index in [1.165, 1.54) is 22.3 Å². The number of anilines is 1. The molecule has 154 valence electrons. The van der Waals surface area contributed by atoms with Crippen molar-refractivity contribution in [3.63, 3.8) is 0 Å². The topological polar surface area (TPSA) is 88.6 Å². The van der Waals surface area contributed by atoms with Crippen molar-refractivity contribution in [2.75, 3.05) is 11.9 Å². The summed E-state index contributed by atoms with van der Waals surface area (Å²) in [5, 5.41) is 3.23. The summed E-state index contributed by atoms with van der Waals surface area (Å²) >= 11 is 1.34. The largest absolute Gasteiger partial charge is 0.494 e. The molecule has 1 N–H and O–H groups in total. The molecule has 0 radical (unpaired) electrons. The Morgan fingerprint density at radius 1 is 1.13 bits per heavy atom. The van der Waals surface area contributed by atoms with Gasteiger partial charge in [0.05, 0.1) is 28.0 Å². The van der Waals surface area contributed by atoms with Crippen molar-refractivity contribution in [2.45, 2.75) is 33.2 Å². The van der Waals surface area contributed by atoms with Gasteiger partial charge in [0, 0.05) is 11.6 Å². The van der Waals surface area contributed by atoms with Gasteiger partial charge in [0.2, 0.25) is 0 Å². The molecule has 2 heterocycles. The van der Waals surface area contributed by atoms with Gasteiger partial charge in [-0.1, -0.05) is 18.3 Å². The highest BCUT2D eigenvalue weighted by Crippen LogP contribution is 2.30. The average molecular weight is 423 g/mol. The number of imide groups is 1. The maximum absolute atomic E-state index is 12.7. The predicted octanol–water partition coefficient (Wildman–Crippen LogP) is 4.34. The first-order valence-corrected chi connectivity index (χ1v) is 10.6. The Morgan fingerprint density at radius 2 is 1.90 bits per heavy atom. The first kappa shape index (κ1) is 20.0. The fourth-order valence-electron chi connectivity index (χ4n) is 3.37. The fraction of sp³-hybridized carbons (Fsp3) is 0.273. The molecule has 0 bridgehead atoms. The molecule has 30 heavy (non-hydrogen) atoms. The second-order valence-electron chi connectivity index (χ2n) is 7.03. The van der Waals surface area contributed by atoms with E-state index in [0.29, 0.717) is 29.3 Å². The van der Waals surface area contributed by atoms with E-state index in [2.05, 4.69) is 10.3 Å². The Morgan fingerprint density at radius 3 is 2.63 bits per heavy atom. The molecule has 4 rings (SSSR count). The summed E-state index contributed by atoms with van der Waals surface area (Å²) < 4.78 is 6.39. The van der Waals surface area contributed by atoms with Gasteiger partial charge in [-0.05, 0) is 56.7 Å². The Balaban J connectivity index is 1.57. The third-order valence-corrected chi connectivity index (χ3v) is 6.04. The number of rotatable bonds is 6. The lowest BCUT2D eigenvalue weighted by Gasteiger charge is -2.20. The molecule has 2 aromatic carbocycles. The van der Waals surface area contributed by atoms with Gasteiger partial charge in [0.15, 0.2) is 5.13 Å². The van der Waals surface area contributed by atoms with E-state index in [1.807, 2.05) is 39.0 Å². The zero-order valence-electron chi connectivity index (χ0n) is 16.9. The van der Waals surface area contributed by atoms with Gasteiger partial charge >= 0.3 is 0 Å². The molecule has 3 aromatic rings. The highest BCUT2D eigenvalue weighted by Gasteiger charge is 2.38. The Bertz CT molecular complexity index is 1170. The number of nitrogens with one attached hydrogen (secondary N) is 1. The fourth-order valence-corrected chi connectivity index (χ4v) is 4.26. The maximum Gasteiger partial charge on any atom is 0.261 e. The molecule has 0 spiro atoms. The van der Waals surface area contributed by atoms with Gasteiger partial charge in [0.25, 0.3) is 17.7 Å². The number of amides is 3. The van der Waals surface area contributed by atoms with Gasteiger partial charge in [-0.15, -0.1) is 0 Å². The number of nitrogens with zero attached hydrogens (tertiary/aromatic N) is 2. The highest BCUT2D eigenvalue weighted by atomic mass is 32.1. The maximum atomic E-state index is 12.7. The van der Waals surface area contributed by atoms with Crippen LogP contribution in [0.5, 0.6) is 5.75 Å². The molecular formula is C22H21N3O4S. The zero-order valence-corrected chi connectivity index (χ0v) is 17.7. The van der Waals surface area contributed by atoms with Crippen LogP contribution in [-0.4, -0.2) is 40.3 Å². The molecule has 8 heteroatoms. The van der Waals surface area contributed by atoms with Crippen LogP contribution in [0.25, 0.3) is 10.2 Å². The molecule has 1 atom stereocenters. The van der Waals surface area contributed by atoms with E-state index in [-0.39, 0.29) is 29.3 Å². The minimum atomic E-state index is -0.385. The van der Waals surface area contributed by atoms with Crippen molar-refractivity contribution in [2.24, 2.45) is 0 Å². The van der Waals surface area contributed by atoms with Crippen LogP contribution in [0.1, 0.15) is 58.3 Å². The smallest absolute Gasteiger partial charge is 0.261 e. The third-order valence-electron chi connectivity index (χ3n) is 5.10. The molecule has 1 aliphatic rings. The lowest BCUT2D eigenvalue weighted by Crippen LogP contribution is -2.37. The number of hydrogen-bond acceptors (Lipinski definition) is 6. The summed E-state index contributed by atoms with van der Waals surface area (Å²) in [6.45, 7) is 6.24. The van der Waals surface area contributed by atoms with Crippen LogP contribution in [0.15, 0.2) is 36.4 Å². The standard InChI is InChI=1S/C22H21N3O4S/c1-4-12(3)25-20(27)15-8-6-13(10-16(15)21(25)28)19(26)24-22-23-17-9-7-14(29-5-2)11-18(17)30-22/h6-12H,4-5H2,1-3H3,(H,23,24,26). The van der Waals surface area contributed by atoms with Crippen molar-refractivity contribution in [1.29, 1.82) is 0 Å². The summed E-state index contributed by atoms with van der Waals surface area (Å²) in [6, 6.07) is 9.95. The number of ether oxygens (including phenoxy) is 1. The van der Waals surface area contributed by atoms with Crippen LogP contribution in [0.3, 0.4) is 0 Å². The lowest BCUT2D eigenvalue weighted by molar-refractivity contribution is 0.0593. The molecule has 0 saturated heterocycles. The second-order valence-corrected chi connectivity index (χ2v) is 8.06. The van der Waals surface area contributed by atoms with Gasteiger partial charge in [-0.25, -0.2) is 4.98 Å². The molecular weight excluding hydrogens is 402 g/mol. The Kier molecular flexibility index (Phi) is 5.26. The van der Waals surface area contributed by atoms with Crippen LogP contribution < -0.4 is 10.1 Å². The first-order valence-electron chi connectivity index (χ1n) is 9.79. The molecule has 3 amide bonds. The van der Waals surface area contributed by atoms with Crippen molar-refractivity contribution in [3.05, 3.63) is 53.1 Å². The molecule has 7 nitrogen and oxygen atoms in total. The van der Waals surface area contributed by atoms with Crippen LogP contribution >= 0.6 is 11.3 Å². The minimum Gasteiger partial charge on any atom is -0.494 e. The zero-order chi connectivity index (χ0) is 21.4. The summed E-state index contributed by atoms with van der Waals surface area (Å²) in [4.78, 5) is 43.7. The molecule has 1 aromatic heterocycles. The van der Waals surface area contributed by atoms with Crippen molar-refractivity contribution in [3.8, 4) is 5.75 Å². The van der Waals surface area contributed by atoms with Crippen LogP contribution in [0, 0.1) is 0 Å². The van der Waals surface area contributed by atoms with Crippen LogP contribution in [0.4, 0.5) is 5.13 Å². The van der Waals surface area contributed by atoms with E-state index in [1.54, 1.807) is 12.1 Å². The van der Waals surface area contributed by atoms with E-state index < -0.39 is 0 Å². The lowest BCUT2D eigenvalue weighted by atomic mass is 10.1. The summed E-state index contributed by atoms with van der Waals surface area (Å²) in [5.74, 6) is -0.307. The van der Waals surface area contributed by atoms with Crippen molar-refractivity contribution < 1.29 is 19.1 Å². The summed E-state index contributed by atoms with van der Waals surface area (Å²) in [6.07, 6.45) is 0.668. The van der Waals surface area contributed by atoms with Crippen molar-refractivity contribution >= 4 is 44.4 Å². The average Bonchev–Trinajstić information content (AvgIpc) is 3.25. The van der Waals surface area contributed by atoms with E-state index in [9.17, 15) is 14.4 Å². The predicted molar refractivity (Wildman–Crippen MR) is 115 cm³/mol. The summed E-state index contributed by atoms with van der Waals surface area (Å²) in [5.41, 5.74) is 1.66. The van der Waals surface area contributed by atoms with Gasteiger partial charge < -0.3 is 4.74 Å². The van der Waals surface area contributed by atoms with Gasteiger partial charge in [-0.2, -0.15) is 0 Å². The number of thiazole rings is 1. The number of fused-ring (bicyclic) bond motifs is 2. The second kappa shape index (κ2) is 7.87. The summed E-state index contributed by atoms with van der Waals surface area (Å²) in [7, 11) is 0. The monoisotopic (exact) mass is 423 g/mol. The third kappa shape index (κ3) is 3.43. The molecule has 0 fully saturated rings. The number of carbonyl (C=O) groups excluding carboxylic acids is 3. The Labute approximate surface area is 177 Å². The first-order chi connectivity index (χ1) is 14.4. The van der Waals surface area contributed by atoms with E-state index >= 15 is 0 Å². The number of hydrogen-bond donors (Lipinski definition) is 1. The number of carbonyl (C=O) groups is 3. The quantitative estimate of drug-likeness (QED) is 0.596. The van der Waals surface area contributed by atoms with Crippen molar-refractivity contribution in [1.82, 2.24) is 9.88 Å². The number of aromatic nitrogens is 1. The SMILES string of the molecule is CCOc1ccc2nc(NC(=O)c3ccc4c(c3)C(=O)N(C(C)CC)C4=O)sc2c1. The number of benzene rings is 2. The van der Waals surface area contributed by atoms with Crippen LogP contribution in [-0.2, 0) is 0 Å². The minimum absolute atomic E-state index is 0.195. The van der Waals surface area contributed by atoms with E-state index in [0.717, 1.165) is 16.0 Å². The molecule has 0 saturated carbocycles. The normalized spacial score (nSPS) is 14.2. The highest BCUT2D eigenvalue weighted by molar-refractivity contribution is 7.22. The van der Waals surface area contributed by atoms with Gasteiger partial charge in [0.1, 0.15) is 5.75 Å².